The lowest BCUT2D eigenvalue weighted by Crippen LogP contribution is -2.40. The summed E-state index contributed by atoms with van der Waals surface area (Å²) in [7, 11) is 0. The molecule has 0 aromatic carbocycles. The number of thiocarbonyl (C=S) groups is 1. The molecule has 0 saturated carbocycles. The molecule has 3 rings (SSSR count). The minimum Gasteiger partial charge on any atom is -0.357 e. The van der Waals surface area contributed by atoms with Gasteiger partial charge in [0.15, 0.2) is 0 Å². The van der Waals surface area contributed by atoms with Crippen molar-refractivity contribution in [3.8, 4) is 6.07 Å². The highest BCUT2D eigenvalue weighted by molar-refractivity contribution is 8.26. The fraction of sp³-hybridized carbons (Fsp3) is 0.583. The van der Waals surface area contributed by atoms with Crippen LogP contribution in [-0.2, 0) is 11.3 Å². The van der Waals surface area contributed by atoms with Crippen LogP contribution >= 0.6 is 24.0 Å². The number of rotatable bonds is 6. The molecule has 32 heavy (non-hydrogen) atoms. The van der Waals surface area contributed by atoms with Crippen LogP contribution in [0.2, 0.25) is 0 Å². The maximum atomic E-state index is 13.3. The molecule has 2 saturated heterocycles. The summed E-state index contributed by atoms with van der Waals surface area (Å²) in [5.41, 5.74) is 1.34. The molecular formula is C24H32N4O2S2. The Morgan fingerprint density at radius 1 is 1.34 bits per heavy atom. The average molecular weight is 473 g/mol. The third-order valence-electron chi connectivity index (χ3n) is 6.15. The van der Waals surface area contributed by atoms with E-state index in [0.717, 1.165) is 50.2 Å². The number of nitriles is 1. The summed E-state index contributed by atoms with van der Waals surface area (Å²) < 4.78 is 2.31. The first-order valence-electron chi connectivity index (χ1n) is 11.4. The van der Waals surface area contributed by atoms with Crippen molar-refractivity contribution >= 4 is 46.1 Å². The molecule has 2 aliphatic heterocycles. The van der Waals surface area contributed by atoms with Crippen LogP contribution in [0.25, 0.3) is 6.08 Å². The van der Waals surface area contributed by atoms with Crippen LogP contribution in [0.4, 0.5) is 5.82 Å². The Balaban J connectivity index is 2.26. The minimum atomic E-state index is -0.237. The van der Waals surface area contributed by atoms with Crippen LogP contribution < -0.4 is 10.5 Å². The number of carbonyl (C=O) groups is 1. The summed E-state index contributed by atoms with van der Waals surface area (Å²) in [5, 5.41) is 9.79. The SMILES string of the molecule is CCCCn1c(N2CCCC(C)C2)c(/C=C2\SC(=S)N(C(C)C)C2=O)c(C)c(C#N)c1=O. The number of hydrogen-bond donors (Lipinski definition) is 0. The zero-order valence-corrected chi connectivity index (χ0v) is 21.2. The van der Waals surface area contributed by atoms with E-state index in [9.17, 15) is 14.9 Å². The van der Waals surface area contributed by atoms with Crippen LogP contribution in [0.1, 0.15) is 70.1 Å². The molecule has 0 bridgehead atoms. The molecule has 8 heteroatoms. The van der Waals surface area contributed by atoms with Gasteiger partial charge in [-0.3, -0.25) is 19.1 Å². The van der Waals surface area contributed by atoms with Crippen molar-refractivity contribution in [2.24, 2.45) is 5.92 Å². The van der Waals surface area contributed by atoms with Crippen LogP contribution in [-0.4, -0.2) is 38.8 Å². The van der Waals surface area contributed by atoms with Gasteiger partial charge in [0, 0.05) is 31.2 Å². The normalized spacial score (nSPS) is 20.5. The van der Waals surface area contributed by atoms with E-state index in [4.69, 9.17) is 12.2 Å². The van der Waals surface area contributed by atoms with E-state index in [0.29, 0.717) is 27.3 Å². The van der Waals surface area contributed by atoms with E-state index < -0.39 is 0 Å². The Hall–Kier alpha value is -2.11. The lowest BCUT2D eigenvalue weighted by Gasteiger charge is -2.36. The zero-order valence-electron chi connectivity index (χ0n) is 19.6. The molecule has 1 aromatic heterocycles. The predicted octanol–water partition coefficient (Wildman–Crippen LogP) is 4.67. The highest BCUT2D eigenvalue weighted by Crippen LogP contribution is 2.37. The monoisotopic (exact) mass is 472 g/mol. The Morgan fingerprint density at radius 2 is 2.06 bits per heavy atom. The van der Waals surface area contributed by atoms with Crippen LogP contribution in [0, 0.1) is 24.2 Å². The van der Waals surface area contributed by atoms with Gasteiger partial charge in [-0.1, -0.05) is 44.2 Å². The van der Waals surface area contributed by atoms with Crippen molar-refractivity contribution < 1.29 is 4.79 Å². The Labute approximate surface area is 200 Å². The molecule has 2 aliphatic rings. The molecule has 6 nitrogen and oxygen atoms in total. The van der Waals surface area contributed by atoms with Crippen molar-refractivity contribution in [2.75, 3.05) is 18.0 Å². The molecule has 1 amide bonds. The topological polar surface area (TPSA) is 69.3 Å². The lowest BCUT2D eigenvalue weighted by atomic mass is 9.97. The second kappa shape index (κ2) is 10.2. The van der Waals surface area contributed by atoms with Gasteiger partial charge in [-0.25, -0.2) is 0 Å². The van der Waals surface area contributed by atoms with E-state index in [1.54, 1.807) is 9.47 Å². The number of anilines is 1. The highest BCUT2D eigenvalue weighted by atomic mass is 32.2. The van der Waals surface area contributed by atoms with Crippen molar-refractivity contribution in [1.82, 2.24) is 9.47 Å². The number of unbranched alkanes of at least 4 members (excludes halogenated alkanes) is 1. The molecule has 172 valence electrons. The number of thioether (sulfide) groups is 1. The predicted molar refractivity (Wildman–Crippen MR) is 136 cm³/mol. The third-order valence-corrected chi connectivity index (χ3v) is 7.48. The smallest absolute Gasteiger partial charge is 0.270 e. The fourth-order valence-corrected chi connectivity index (χ4v) is 5.95. The van der Waals surface area contributed by atoms with Gasteiger partial charge in [-0.05, 0) is 57.6 Å². The summed E-state index contributed by atoms with van der Waals surface area (Å²) in [5.74, 6) is 1.24. The lowest BCUT2D eigenvalue weighted by molar-refractivity contribution is -0.123. The first kappa shape index (κ1) is 24.5. The molecule has 2 fully saturated rings. The molecular weight excluding hydrogens is 440 g/mol. The maximum Gasteiger partial charge on any atom is 0.270 e. The van der Waals surface area contributed by atoms with Gasteiger partial charge in [0.1, 0.15) is 21.8 Å². The van der Waals surface area contributed by atoms with Crippen molar-refractivity contribution in [3.63, 3.8) is 0 Å². The molecule has 1 unspecified atom stereocenters. The Bertz CT molecular complexity index is 1050. The van der Waals surface area contributed by atoms with Crippen LogP contribution in [0.3, 0.4) is 0 Å². The van der Waals surface area contributed by atoms with Gasteiger partial charge >= 0.3 is 0 Å². The molecule has 0 spiro atoms. The highest BCUT2D eigenvalue weighted by Gasteiger charge is 2.35. The molecule has 0 radical (unpaired) electrons. The number of carbonyl (C=O) groups excluding carboxylic acids is 1. The summed E-state index contributed by atoms with van der Waals surface area (Å²) in [4.78, 5) is 30.8. The van der Waals surface area contributed by atoms with Crippen LogP contribution in [0.15, 0.2) is 9.70 Å². The van der Waals surface area contributed by atoms with Gasteiger partial charge in [0.2, 0.25) is 0 Å². The van der Waals surface area contributed by atoms with E-state index in [-0.39, 0.29) is 23.1 Å². The first-order valence-corrected chi connectivity index (χ1v) is 12.6. The Morgan fingerprint density at radius 3 is 2.62 bits per heavy atom. The van der Waals surface area contributed by atoms with Crippen molar-refractivity contribution in [3.05, 3.63) is 31.9 Å². The van der Waals surface area contributed by atoms with Gasteiger partial charge in [0.05, 0.1) is 4.91 Å². The molecule has 0 N–H and O–H groups in total. The molecule has 1 aromatic rings. The minimum absolute atomic E-state index is 0.0231. The number of aromatic nitrogens is 1. The second-order valence-corrected chi connectivity index (χ2v) is 10.7. The van der Waals surface area contributed by atoms with E-state index in [1.807, 2.05) is 26.8 Å². The largest absolute Gasteiger partial charge is 0.357 e. The Kier molecular flexibility index (Phi) is 7.84. The molecule has 0 aliphatic carbocycles. The van der Waals surface area contributed by atoms with Gasteiger partial charge in [0.25, 0.3) is 11.5 Å². The number of piperidine rings is 1. The fourth-order valence-electron chi connectivity index (χ4n) is 4.45. The first-order chi connectivity index (χ1) is 15.2. The van der Waals surface area contributed by atoms with Crippen LogP contribution in [0.5, 0.6) is 0 Å². The van der Waals surface area contributed by atoms with E-state index in [2.05, 4.69) is 24.8 Å². The third kappa shape index (κ3) is 4.65. The van der Waals surface area contributed by atoms with E-state index in [1.165, 1.54) is 11.8 Å². The standard InChI is InChI=1S/C24H32N4O2S2/c1-6-7-11-27-21(26-10-8-9-16(4)14-26)18(17(5)19(13-25)22(27)29)12-20-23(30)28(15(2)3)24(31)32-20/h12,15-16H,6-11,14H2,1-5H3/b20-12-. The number of hydrogen-bond acceptors (Lipinski definition) is 6. The second-order valence-electron chi connectivity index (χ2n) is 9.00. The summed E-state index contributed by atoms with van der Waals surface area (Å²) >= 11 is 6.75. The summed E-state index contributed by atoms with van der Waals surface area (Å²) in [6.07, 6.45) is 5.86. The quantitative estimate of drug-likeness (QED) is 0.442. The van der Waals surface area contributed by atoms with Gasteiger partial charge in [-0.2, -0.15) is 5.26 Å². The van der Waals surface area contributed by atoms with Crippen molar-refractivity contribution in [1.29, 1.82) is 5.26 Å². The number of nitrogens with zero attached hydrogens (tertiary/aromatic N) is 4. The number of pyridine rings is 1. The summed E-state index contributed by atoms with van der Waals surface area (Å²) in [6.45, 7) is 12.3. The summed E-state index contributed by atoms with van der Waals surface area (Å²) in [6, 6.07) is 2.10. The van der Waals surface area contributed by atoms with Gasteiger partial charge in [-0.15, -0.1) is 0 Å². The molecule has 1 atom stereocenters. The van der Waals surface area contributed by atoms with Gasteiger partial charge < -0.3 is 4.90 Å². The zero-order chi connectivity index (χ0) is 23.6. The maximum absolute atomic E-state index is 13.3. The van der Waals surface area contributed by atoms with Crippen molar-refractivity contribution in [2.45, 2.75) is 72.9 Å². The molecule has 3 heterocycles. The average Bonchev–Trinajstić information content (AvgIpc) is 3.02. The van der Waals surface area contributed by atoms with E-state index >= 15 is 0 Å². The number of amides is 1.